The summed E-state index contributed by atoms with van der Waals surface area (Å²) in [6.45, 7) is 6.71. The lowest BCUT2D eigenvalue weighted by molar-refractivity contribution is -0.137. The molecule has 1 N–H and O–H groups in total. The van der Waals surface area contributed by atoms with Gasteiger partial charge in [0.1, 0.15) is 16.4 Å². The molecule has 3 rings (SSSR count). The topological polar surface area (TPSA) is 89.5 Å². The Balaban J connectivity index is 2.12. The van der Waals surface area contributed by atoms with Crippen molar-refractivity contribution in [3.63, 3.8) is 0 Å². The number of hydrogen-bond acceptors (Lipinski definition) is 5. The van der Waals surface area contributed by atoms with Gasteiger partial charge in [-0.2, -0.15) is 13.2 Å². The van der Waals surface area contributed by atoms with E-state index in [0.29, 0.717) is 18.7 Å². The number of sulfonamides is 1. The van der Waals surface area contributed by atoms with Gasteiger partial charge in [0.15, 0.2) is 9.84 Å². The maximum atomic E-state index is 15.3. The molecule has 0 saturated heterocycles. The summed E-state index contributed by atoms with van der Waals surface area (Å²) < 4.78 is 128. The number of benzene rings is 2. The van der Waals surface area contributed by atoms with Crippen molar-refractivity contribution in [2.45, 2.75) is 66.8 Å². The molecule has 3 atom stereocenters. The van der Waals surface area contributed by atoms with Crippen LogP contribution in [0.3, 0.4) is 0 Å². The van der Waals surface area contributed by atoms with Crippen LogP contribution in [0.25, 0.3) is 0 Å². The van der Waals surface area contributed by atoms with Gasteiger partial charge in [0.2, 0.25) is 10.0 Å². The highest BCUT2D eigenvalue weighted by Gasteiger charge is 2.53. The minimum atomic E-state index is -4.71. The van der Waals surface area contributed by atoms with Gasteiger partial charge in [0.25, 0.3) is 0 Å². The SMILES string of the molecule is C[Si](C)(C)CCOCC1CC(c2cc(F)ccc2F)(S(=O)(=O)c2ccc(C(F)(F)F)cc2)CCC1NS(C)(=O)=O. The van der Waals surface area contributed by atoms with Crippen LogP contribution in [0.15, 0.2) is 47.4 Å². The van der Waals surface area contributed by atoms with Crippen LogP contribution in [-0.4, -0.2) is 50.4 Å². The molecule has 0 aromatic heterocycles. The van der Waals surface area contributed by atoms with E-state index in [2.05, 4.69) is 24.4 Å². The zero-order valence-corrected chi connectivity index (χ0v) is 25.3. The second kappa shape index (κ2) is 11.8. The Hall–Kier alpha value is -1.87. The van der Waals surface area contributed by atoms with Crippen molar-refractivity contribution in [2.75, 3.05) is 19.5 Å². The van der Waals surface area contributed by atoms with Crippen molar-refractivity contribution < 1.29 is 43.5 Å². The molecule has 14 heteroatoms. The third-order valence-electron chi connectivity index (χ3n) is 7.14. The maximum Gasteiger partial charge on any atom is 0.416 e. The van der Waals surface area contributed by atoms with Gasteiger partial charge in [0.05, 0.1) is 23.3 Å². The Bertz CT molecular complexity index is 1410. The van der Waals surface area contributed by atoms with Crippen molar-refractivity contribution >= 4 is 27.9 Å². The van der Waals surface area contributed by atoms with Crippen molar-refractivity contribution in [1.82, 2.24) is 4.72 Å². The number of nitrogens with one attached hydrogen (secondary N) is 1. The summed E-state index contributed by atoms with van der Waals surface area (Å²) in [5.41, 5.74) is -1.52. The van der Waals surface area contributed by atoms with Gasteiger partial charge in [-0.25, -0.2) is 30.3 Å². The standard InChI is InChI=1S/C26H34F5NO5S2Si/c1-38(33,34)32-24-11-12-25(22-15-20(27)7-10-23(22)28,16-18(24)17-37-13-14-40(2,3)4)39(35,36)21-8-5-19(6-9-21)26(29,30)31/h5-10,15,18,24,32H,11-14,16-17H2,1-4H3. The first-order valence-electron chi connectivity index (χ1n) is 12.7. The molecule has 0 aliphatic heterocycles. The Labute approximate surface area is 233 Å². The largest absolute Gasteiger partial charge is 0.416 e. The lowest BCUT2D eigenvalue weighted by Crippen LogP contribution is -2.52. The number of hydrogen-bond donors (Lipinski definition) is 1. The van der Waals surface area contributed by atoms with E-state index >= 15 is 4.39 Å². The first-order valence-corrected chi connectivity index (χ1v) is 19.8. The van der Waals surface area contributed by atoms with Gasteiger partial charge in [0, 0.05) is 32.2 Å². The second-order valence-corrected chi connectivity index (χ2v) is 21.2. The van der Waals surface area contributed by atoms with Gasteiger partial charge in [-0.15, -0.1) is 0 Å². The first-order chi connectivity index (χ1) is 18.3. The van der Waals surface area contributed by atoms with Crippen LogP contribution in [0.4, 0.5) is 22.0 Å². The van der Waals surface area contributed by atoms with Gasteiger partial charge >= 0.3 is 6.18 Å². The third kappa shape index (κ3) is 7.69. The van der Waals surface area contributed by atoms with Gasteiger partial charge in [-0.05, 0) is 67.8 Å². The highest BCUT2D eigenvalue weighted by Crippen LogP contribution is 2.50. The normalized spacial score (nSPS) is 22.8. The summed E-state index contributed by atoms with van der Waals surface area (Å²) in [6, 6.07) is 5.30. The molecule has 1 saturated carbocycles. The monoisotopic (exact) mass is 627 g/mol. The van der Waals surface area contributed by atoms with E-state index < -0.39 is 78.5 Å². The number of sulfone groups is 1. The summed E-state index contributed by atoms with van der Waals surface area (Å²) in [7, 11) is -9.84. The number of halogens is 5. The average Bonchev–Trinajstić information content (AvgIpc) is 2.82. The first kappa shape index (κ1) is 32.6. The predicted octanol–water partition coefficient (Wildman–Crippen LogP) is 5.73. The molecule has 1 aliphatic carbocycles. The van der Waals surface area contributed by atoms with Crippen LogP contribution in [0, 0.1) is 17.6 Å². The number of alkyl halides is 3. The molecule has 2 aromatic rings. The van der Waals surface area contributed by atoms with Gasteiger partial charge in [-0.1, -0.05) is 19.6 Å². The molecule has 1 fully saturated rings. The smallest absolute Gasteiger partial charge is 0.381 e. The van der Waals surface area contributed by atoms with E-state index in [-0.39, 0.29) is 25.9 Å². The van der Waals surface area contributed by atoms with Crippen LogP contribution in [0.1, 0.15) is 30.4 Å². The molecular formula is C26H34F5NO5S2Si. The van der Waals surface area contributed by atoms with Crippen LogP contribution in [0.5, 0.6) is 0 Å². The lowest BCUT2D eigenvalue weighted by atomic mass is 9.74. The fourth-order valence-electron chi connectivity index (χ4n) is 5.04. The van der Waals surface area contributed by atoms with E-state index in [0.717, 1.165) is 42.6 Å². The fraction of sp³-hybridized carbons (Fsp3) is 0.538. The molecule has 224 valence electrons. The predicted molar refractivity (Wildman–Crippen MR) is 145 cm³/mol. The van der Waals surface area contributed by atoms with Crippen LogP contribution in [0.2, 0.25) is 25.7 Å². The van der Waals surface area contributed by atoms with E-state index in [9.17, 15) is 34.4 Å². The average molecular weight is 628 g/mol. The van der Waals surface area contributed by atoms with Crippen molar-refractivity contribution in [3.05, 3.63) is 65.2 Å². The maximum absolute atomic E-state index is 15.3. The summed E-state index contributed by atoms with van der Waals surface area (Å²) in [6.07, 6.45) is -4.47. The molecule has 1 aliphatic rings. The molecule has 0 heterocycles. The Morgan fingerprint density at radius 1 is 1.02 bits per heavy atom. The molecule has 3 unspecified atom stereocenters. The summed E-state index contributed by atoms with van der Waals surface area (Å²) in [4.78, 5) is -0.489. The van der Waals surface area contributed by atoms with E-state index in [1.165, 1.54) is 0 Å². The van der Waals surface area contributed by atoms with Crippen LogP contribution < -0.4 is 4.72 Å². The second-order valence-electron chi connectivity index (χ2n) is 11.5. The highest BCUT2D eigenvalue weighted by molar-refractivity contribution is 7.92. The van der Waals surface area contributed by atoms with Crippen molar-refractivity contribution in [2.24, 2.45) is 5.92 Å². The summed E-state index contributed by atoms with van der Waals surface area (Å²) in [5, 5.41) is 0. The van der Waals surface area contributed by atoms with Crippen molar-refractivity contribution in [3.8, 4) is 0 Å². The van der Waals surface area contributed by atoms with E-state index in [1.807, 2.05) is 0 Å². The molecule has 0 spiro atoms. The number of rotatable bonds is 10. The fourth-order valence-corrected chi connectivity index (χ4v) is 8.87. The van der Waals surface area contributed by atoms with E-state index in [4.69, 9.17) is 4.74 Å². The lowest BCUT2D eigenvalue weighted by Gasteiger charge is -2.44. The third-order valence-corrected chi connectivity index (χ3v) is 12.1. The Morgan fingerprint density at radius 3 is 2.20 bits per heavy atom. The zero-order valence-electron chi connectivity index (χ0n) is 22.7. The molecule has 0 radical (unpaired) electrons. The highest BCUT2D eigenvalue weighted by atomic mass is 32.2. The molecule has 40 heavy (non-hydrogen) atoms. The summed E-state index contributed by atoms with van der Waals surface area (Å²) in [5.74, 6) is -2.65. The zero-order chi connectivity index (χ0) is 30.1. The molecule has 6 nitrogen and oxygen atoms in total. The van der Waals surface area contributed by atoms with Gasteiger partial charge in [-0.3, -0.25) is 0 Å². The van der Waals surface area contributed by atoms with Crippen molar-refractivity contribution in [1.29, 1.82) is 0 Å². The Morgan fingerprint density at radius 2 is 1.65 bits per heavy atom. The van der Waals surface area contributed by atoms with E-state index in [1.54, 1.807) is 0 Å². The molecular weight excluding hydrogens is 593 g/mol. The number of ether oxygens (including phenoxy) is 1. The quantitative estimate of drug-likeness (QED) is 0.207. The molecule has 0 amide bonds. The minimum absolute atomic E-state index is 0.0567. The van der Waals surface area contributed by atoms with Crippen LogP contribution >= 0.6 is 0 Å². The Kier molecular flexibility index (Phi) is 9.61. The minimum Gasteiger partial charge on any atom is -0.381 e. The molecule has 2 aromatic carbocycles. The van der Waals surface area contributed by atoms with Crippen LogP contribution in [-0.2, 0) is 35.5 Å². The summed E-state index contributed by atoms with van der Waals surface area (Å²) >= 11 is 0. The molecule has 0 bridgehead atoms. The van der Waals surface area contributed by atoms with Gasteiger partial charge < -0.3 is 4.74 Å².